The molecule has 1 atom stereocenters. The number of hydrogen-bond acceptors (Lipinski definition) is 4. The van der Waals surface area contributed by atoms with Crippen molar-refractivity contribution >= 4 is 17.5 Å². The summed E-state index contributed by atoms with van der Waals surface area (Å²) in [5, 5.41) is 0.578. The van der Waals surface area contributed by atoms with Gasteiger partial charge in [-0.15, -0.1) is 0 Å². The van der Waals surface area contributed by atoms with Gasteiger partial charge in [-0.25, -0.2) is 9.97 Å². The zero-order valence-electron chi connectivity index (χ0n) is 9.43. The maximum Gasteiger partial charge on any atom is 0.225 e. The van der Waals surface area contributed by atoms with Crippen molar-refractivity contribution in [1.29, 1.82) is 0 Å². The predicted molar refractivity (Wildman–Crippen MR) is 65.6 cm³/mol. The molecule has 1 aromatic heterocycles. The van der Waals surface area contributed by atoms with Crippen LogP contribution in [0.4, 0.5) is 5.95 Å². The average molecular weight is 241 g/mol. The van der Waals surface area contributed by atoms with Gasteiger partial charge in [0.25, 0.3) is 0 Å². The third-order valence-electron chi connectivity index (χ3n) is 3.17. The molecule has 1 aliphatic heterocycles. The van der Waals surface area contributed by atoms with Gasteiger partial charge in [-0.2, -0.15) is 0 Å². The summed E-state index contributed by atoms with van der Waals surface area (Å²) in [7, 11) is 0. The summed E-state index contributed by atoms with van der Waals surface area (Å²) in [4.78, 5) is 10.6. The summed E-state index contributed by atoms with van der Waals surface area (Å²) in [5.41, 5.74) is 5.90. The Hall–Kier alpha value is -0.870. The fourth-order valence-electron chi connectivity index (χ4n) is 2.09. The monoisotopic (exact) mass is 240 g/mol. The Kier molecular flexibility index (Phi) is 3.61. The van der Waals surface area contributed by atoms with Gasteiger partial charge in [0, 0.05) is 19.1 Å². The van der Waals surface area contributed by atoms with Crippen molar-refractivity contribution < 1.29 is 0 Å². The van der Waals surface area contributed by atoms with E-state index in [2.05, 4.69) is 21.8 Å². The molecule has 0 aromatic carbocycles. The Bertz CT molecular complexity index is 330. The summed E-state index contributed by atoms with van der Waals surface area (Å²) >= 11 is 5.76. The van der Waals surface area contributed by atoms with Crippen LogP contribution in [-0.2, 0) is 0 Å². The van der Waals surface area contributed by atoms with Crippen molar-refractivity contribution in [3.8, 4) is 0 Å². The minimum Gasteiger partial charge on any atom is -0.341 e. The Balaban J connectivity index is 1.96. The van der Waals surface area contributed by atoms with E-state index in [0.717, 1.165) is 31.9 Å². The molecule has 0 amide bonds. The molecule has 1 aromatic rings. The summed E-state index contributed by atoms with van der Waals surface area (Å²) in [6.45, 7) is 4.04. The van der Waals surface area contributed by atoms with Gasteiger partial charge < -0.3 is 10.6 Å². The lowest BCUT2D eigenvalue weighted by Gasteiger charge is -2.33. The fourth-order valence-corrected chi connectivity index (χ4v) is 2.19. The summed E-state index contributed by atoms with van der Waals surface area (Å²) in [6.07, 6.45) is 5.51. The van der Waals surface area contributed by atoms with Gasteiger partial charge in [0.1, 0.15) is 0 Å². The second-order valence-electron chi connectivity index (χ2n) is 4.38. The second kappa shape index (κ2) is 4.97. The highest BCUT2D eigenvalue weighted by Crippen LogP contribution is 2.22. The molecule has 88 valence electrons. The molecule has 0 spiro atoms. The van der Waals surface area contributed by atoms with Crippen LogP contribution in [0.5, 0.6) is 0 Å². The summed E-state index contributed by atoms with van der Waals surface area (Å²) in [6, 6.07) is 0.285. The highest BCUT2D eigenvalue weighted by Gasteiger charge is 2.22. The Morgan fingerprint density at radius 2 is 1.94 bits per heavy atom. The number of nitrogens with two attached hydrogens (primary N) is 1. The van der Waals surface area contributed by atoms with Crippen LogP contribution in [0.25, 0.3) is 0 Å². The molecule has 0 radical (unpaired) electrons. The van der Waals surface area contributed by atoms with Gasteiger partial charge in [0.15, 0.2) is 0 Å². The molecule has 0 aliphatic carbocycles. The van der Waals surface area contributed by atoms with Crippen LogP contribution < -0.4 is 10.6 Å². The van der Waals surface area contributed by atoms with Crippen molar-refractivity contribution in [1.82, 2.24) is 9.97 Å². The van der Waals surface area contributed by atoms with E-state index in [1.165, 1.54) is 0 Å². The molecule has 0 bridgehead atoms. The lowest BCUT2D eigenvalue weighted by Crippen LogP contribution is -2.40. The number of hydrogen-bond donors (Lipinski definition) is 1. The first-order chi connectivity index (χ1) is 7.66. The molecule has 0 saturated carbocycles. The topological polar surface area (TPSA) is 55.0 Å². The number of rotatable bonds is 2. The molecule has 1 unspecified atom stereocenters. The molecule has 5 heteroatoms. The number of piperidine rings is 1. The van der Waals surface area contributed by atoms with Gasteiger partial charge in [-0.1, -0.05) is 11.6 Å². The molecular weight excluding hydrogens is 224 g/mol. The van der Waals surface area contributed by atoms with Crippen molar-refractivity contribution in [3.63, 3.8) is 0 Å². The van der Waals surface area contributed by atoms with Gasteiger partial charge in [0.05, 0.1) is 17.4 Å². The van der Waals surface area contributed by atoms with Crippen LogP contribution in [0.3, 0.4) is 0 Å². The minimum atomic E-state index is 0.285. The van der Waals surface area contributed by atoms with E-state index in [1.807, 2.05) is 0 Å². The third-order valence-corrected chi connectivity index (χ3v) is 3.37. The predicted octanol–water partition coefficient (Wildman–Crippen LogP) is 1.69. The molecule has 4 nitrogen and oxygen atoms in total. The quantitative estimate of drug-likeness (QED) is 0.855. The molecule has 2 N–H and O–H groups in total. The Morgan fingerprint density at radius 3 is 2.44 bits per heavy atom. The van der Waals surface area contributed by atoms with Crippen molar-refractivity contribution in [2.45, 2.75) is 25.8 Å². The number of aromatic nitrogens is 2. The summed E-state index contributed by atoms with van der Waals surface area (Å²) in [5.74, 6) is 1.40. The van der Waals surface area contributed by atoms with Crippen LogP contribution in [0.2, 0.25) is 5.02 Å². The maximum absolute atomic E-state index is 5.90. The second-order valence-corrected chi connectivity index (χ2v) is 4.82. The largest absolute Gasteiger partial charge is 0.341 e. The maximum atomic E-state index is 5.90. The van der Waals surface area contributed by atoms with Crippen LogP contribution in [0.1, 0.15) is 19.8 Å². The highest BCUT2D eigenvalue weighted by molar-refractivity contribution is 6.30. The van der Waals surface area contributed by atoms with Crippen molar-refractivity contribution in [2.24, 2.45) is 11.7 Å². The van der Waals surface area contributed by atoms with Crippen LogP contribution in [-0.4, -0.2) is 29.1 Å². The summed E-state index contributed by atoms with van der Waals surface area (Å²) < 4.78 is 0. The average Bonchev–Trinajstić information content (AvgIpc) is 2.30. The molecule has 16 heavy (non-hydrogen) atoms. The van der Waals surface area contributed by atoms with Gasteiger partial charge in [-0.05, 0) is 25.7 Å². The molecule has 2 heterocycles. The zero-order valence-corrected chi connectivity index (χ0v) is 10.2. The van der Waals surface area contributed by atoms with Gasteiger partial charge in [-0.3, -0.25) is 0 Å². The minimum absolute atomic E-state index is 0.285. The van der Waals surface area contributed by atoms with Crippen molar-refractivity contribution in [2.75, 3.05) is 18.0 Å². The SMILES string of the molecule is CC(N)C1CCN(c2ncc(Cl)cn2)CC1. The van der Waals surface area contributed by atoms with E-state index >= 15 is 0 Å². The third kappa shape index (κ3) is 2.62. The first-order valence-corrected chi connectivity index (χ1v) is 6.02. The molecule has 1 fully saturated rings. The van der Waals surface area contributed by atoms with E-state index in [-0.39, 0.29) is 6.04 Å². The molecule has 2 rings (SSSR count). The zero-order chi connectivity index (χ0) is 11.5. The van der Waals surface area contributed by atoms with E-state index < -0.39 is 0 Å². The number of halogens is 1. The molecule has 1 saturated heterocycles. The van der Waals surface area contributed by atoms with E-state index in [4.69, 9.17) is 17.3 Å². The van der Waals surface area contributed by atoms with Crippen LogP contribution >= 0.6 is 11.6 Å². The molecule has 1 aliphatic rings. The van der Waals surface area contributed by atoms with E-state index in [0.29, 0.717) is 10.9 Å². The van der Waals surface area contributed by atoms with Crippen LogP contribution in [0, 0.1) is 5.92 Å². The van der Waals surface area contributed by atoms with Gasteiger partial charge >= 0.3 is 0 Å². The normalized spacial score (nSPS) is 19.8. The molecular formula is C11H17ClN4. The van der Waals surface area contributed by atoms with E-state index in [1.54, 1.807) is 12.4 Å². The first-order valence-electron chi connectivity index (χ1n) is 5.65. The lowest BCUT2D eigenvalue weighted by molar-refractivity contribution is 0.352. The highest BCUT2D eigenvalue weighted by atomic mass is 35.5. The smallest absolute Gasteiger partial charge is 0.225 e. The number of nitrogens with zero attached hydrogens (tertiary/aromatic N) is 3. The Labute approximate surface area is 101 Å². The number of anilines is 1. The van der Waals surface area contributed by atoms with Gasteiger partial charge in [0.2, 0.25) is 5.95 Å². The van der Waals surface area contributed by atoms with Crippen molar-refractivity contribution in [3.05, 3.63) is 17.4 Å². The first kappa shape index (κ1) is 11.6. The van der Waals surface area contributed by atoms with Crippen LogP contribution in [0.15, 0.2) is 12.4 Å². The fraction of sp³-hybridized carbons (Fsp3) is 0.636. The standard InChI is InChI=1S/C11H17ClN4/c1-8(13)9-2-4-16(5-3-9)11-14-6-10(12)7-15-11/h6-9H,2-5,13H2,1H3. The lowest BCUT2D eigenvalue weighted by atomic mass is 9.91. The van der Waals surface area contributed by atoms with E-state index in [9.17, 15) is 0 Å². The Morgan fingerprint density at radius 1 is 1.38 bits per heavy atom.